The first-order valence-corrected chi connectivity index (χ1v) is 10.9. The van der Waals surface area contributed by atoms with Crippen molar-refractivity contribution >= 4 is 33.1 Å². The van der Waals surface area contributed by atoms with Crippen LogP contribution < -0.4 is 0 Å². The van der Waals surface area contributed by atoms with Crippen LogP contribution >= 0.6 is 11.3 Å². The predicted octanol–water partition coefficient (Wildman–Crippen LogP) is 8.20. The van der Waals surface area contributed by atoms with Crippen LogP contribution in [0.2, 0.25) is 0 Å². The lowest BCUT2D eigenvalue weighted by Crippen LogP contribution is -1.95. The number of thiophene rings is 1. The van der Waals surface area contributed by atoms with E-state index in [9.17, 15) is 0 Å². The SMILES string of the molecule is C=C(c1ccc(C)cc1C)c1sc2ccccc2c1Cc1ccc(/C=C/C)cc1. The molecule has 0 radical (unpaired) electrons. The molecule has 0 nitrogen and oxygen atoms in total. The van der Waals surface area contributed by atoms with Gasteiger partial charge in [0, 0.05) is 9.58 Å². The summed E-state index contributed by atoms with van der Waals surface area (Å²) >= 11 is 1.86. The zero-order chi connectivity index (χ0) is 20.4. The van der Waals surface area contributed by atoms with E-state index in [0.717, 1.165) is 12.0 Å². The molecule has 0 amide bonds. The van der Waals surface area contributed by atoms with Crippen molar-refractivity contribution in [2.45, 2.75) is 27.2 Å². The van der Waals surface area contributed by atoms with Crippen LogP contribution in [0.4, 0.5) is 0 Å². The Labute approximate surface area is 177 Å². The van der Waals surface area contributed by atoms with Gasteiger partial charge in [-0.3, -0.25) is 0 Å². The van der Waals surface area contributed by atoms with E-state index in [2.05, 4.69) is 106 Å². The molecule has 0 aliphatic rings. The number of benzene rings is 3. The number of hydrogen-bond donors (Lipinski definition) is 0. The summed E-state index contributed by atoms with van der Waals surface area (Å²) in [7, 11) is 0. The minimum absolute atomic E-state index is 0.916. The third-order valence-corrected chi connectivity index (χ3v) is 6.67. The lowest BCUT2D eigenvalue weighted by Gasteiger charge is -2.12. The monoisotopic (exact) mass is 394 g/mol. The Balaban J connectivity index is 1.79. The molecule has 4 aromatic rings. The Bertz CT molecular complexity index is 1200. The third-order valence-electron chi connectivity index (χ3n) is 5.40. The summed E-state index contributed by atoms with van der Waals surface area (Å²) in [6.45, 7) is 10.9. The second-order valence-corrected chi connectivity index (χ2v) is 8.67. The normalized spacial score (nSPS) is 11.4. The highest BCUT2D eigenvalue weighted by Gasteiger charge is 2.17. The van der Waals surface area contributed by atoms with E-state index < -0.39 is 0 Å². The molecule has 0 unspecified atom stereocenters. The lowest BCUT2D eigenvalue weighted by molar-refractivity contribution is 1.21. The van der Waals surface area contributed by atoms with Gasteiger partial charge in [-0.25, -0.2) is 0 Å². The number of fused-ring (bicyclic) bond motifs is 1. The van der Waals surface area contributed by atoms with E-state index in [-0.39, 0.29) is 0 Å². The standard InChI is InChI=1S/C28H26S/c1-5-8-22-12-14-23(15-13-22)18-26-25-9-6-7-10-27(25)29-28(26)21(4)24-16-11-19(2)17-20(24)3/h5-17H,4,18H2,1-3H3/b8-5+. The van der Waals surface area contributed by atoms with Crippen molar-refractivity contribution in [1.29, 1.82) is 0 Å². The molecular weight excluding hydrogens is 368 g/mol. The first-order valence-electron chi connectivity index (χ1n) is 10.1. The van der Waals surface area contributed by atoms with Gasteiger partial charge < -0.3 is 0 Å². The number of hydrogen-bond acceptors (Lipinski definition) is 1. The van der Waals surface area contributed by atoms with Crippen LogP contribution in [0.1, 0.15) is 45.2 Å². The van der Waals surface area contributed by atoms with Crippen molar-refractivity contribution in [3.8, 4) is 0 Å². The maximum Gasteiger partial charge on any atom is 0.0390 e. The predicted molar refractivity (Wildman–Crippen MR) is 130 cm³/mol. The maximum atomic E-state index is 4.52. The van der Waals surface area contributed by atoms with E-state index in [1.807, 2.05) is 11.3 Å². The Hall–Kier alpha value is -2.90. The highest BCUT2D eigenvalue weighted by atomic mass is 32.1. The fraction of sp³-hybridized carbons (Fsp3) is 0.143. The van der Waals surface area contributed by atoms with Gasteiger partial charge in [0.1, 0.15) is 0 Å². The molecule has 0 atom stereocenters. The summed E-state index contributed by atoms with van der Waals surface area (Å²) in [5.74, 6) is 0. The van der Waals surface area contributed by atoms with Crippen LogP contribution in [0, 0.1) is 13.8 Å². The van der Waals surface area contributed by atoms with Gasteiger partial charge in [-0.2, -0.15) is 0 Å². The van der Waals surface area contributed by atoms with E-state index in [1.165, 1.54) is 48.3 Å². The zero-order valence-electron chi connectivity index (χ0n) is 17.3. The molecule has 29 heavy (non-hydrogen) atoms. The van der Waals surface area contributed by atoms with Crippen molar-refractivity contribution < 1.29 is 0 Å². The first-order chi connectivity index (χ1) is 14.1. The molecule has 0 aliphatic heterocycles. The maximum absolute atomic E-state index is 4.52. The summed E-state index contributed by atoms with van der Waals surface area (Å²) < 4.78 is 1.33. The van der Waals surface area contributed by atoms with Gasteiger partial charge in [-0.15, -0.1) is 11.3 Å². The Morgan fingerprint density at radius 3 is 2.45 bits per heavy atom. The molecule has 0 fully saturated rings. The molecule has 1 heteroatoms. The van der Waals surface area contributed by atoms with Crippen molar-refractivity contribution in [3.63, 3.8) is 0 Å². The molecule has 0 bridgehead atoms. The molecular formula is C28H26S. The first kappa shape index (κ1) is 19.4. The number of rotatable bonds is 5. The molecule has 0 saturated heterocycles. The van der Waals surface area contributed by atoms with Gasteiger partial charge in [-0.1, -0.05) is 85.0 Å². The van der Waals surface area contributed by atoms with E-state index in [1.54, 1.807) is 0 Å². The van der Waals surface area contributed by atoms with Crippen molar-refractivity contribution in [1.82, 2.24) is 0 Å². The minimum Gasteiger partial charge on any atom is -0.135 e. The molecule has 4 rings (SSSR count). The topological polar surface area (TPSA) is 0 Å². The van der Waals surface area contributed by atoms with Gasteiger partial charge in [-0.05, 0) is 72.0 Å². The highest BCUT2D eigenvalue weighted by Crippen LogP contribution is 2.39. The van der Waals surface area contributed by atoms with Gasteiger partial charge in [0.05, 0.1) is 0 Å². The smallest absolute Gasteiger partial charge is 0.0390 e. The van der Waals surface area contributed by atoms with Crippen LogP contribution in [0.5, 0.6) is 0 Å². The van der Waals surface area contributed by atoms with Crippen molar-refractivity contribution in [3.05, 3.63) is 118 Å². The van der Waals surface area contributed by atoms with E-state index in [4.69, 9.17) is 0 Å². The second-order valence-electron chi connectivity index (χ2n) is 7.62. The van der Waals surface area contributed by atoms with Gasteiger partial charge in [0.2, 0.25) is 0 Å². The van der Waals surface area contributed by atoms with Crippen LogP contribution in [-0.2, 0) is 6.42 Å². The molecule has 3 aromatic carbocycles. The molecule has 1 aromatic heterocycles. The largest absolute Gasteiger partial charge is 0.135 e. The van der Waals surface area contributed by atoms with Gasteiger partial charge >= 0.3 is 0 Å². The highest BCUT2D eigenvalue weighted by molar-refractivity contribution is 7.20. The van der Waals surface area contributed by atoms with Crippen LogP contribution in [-0.4, -0.2) is 0 Å². The van der Waals surface area contributed by atoms with E-state index in [0.29, 0.717) is 0 Å². The average Bonchev–Trinajstić information content (AvgIpc) is 3.08. The summed E-state index contributed by atoms with van der Waals surface area (Å²) in [6.07, 6.45) is 5.13. The van der Waals surface area contributed by atoms with Gasteiger partial charge in [0.25, 0.3) is 0 Å². The fourth-order valence-electron chi connectivity index (χ4n) is 3.94. The van der Waals surface area contributed by atoms with Crippen molar-refractivity contribution in [2.75, 3.05) is 0 Å². The molecule has 0 saturated carbocycles. The second kappa shape index (κ2) is 8.23. The Morgan fingerprint density at radius 2 is 1.72 bits per heavy atom. The average molecular weight is 395 g/mol. The summed E-state index contributed by atoms with van der Waals surface area (Å²) in [6, 6.07) is 24.2. The number of aryl methyl sites for hydroxylation is 2. The van der Waals surface area contributed by atoms with Crippen LogP contribution in [0.25, 0.3) is 21.7 Å². The molecule has 0 aliphatic carbocycles. The Morgan fingerprint density at radius 1 is 0.966 bits per heavy atom. The molecule has 144 valence electrons. The van der Waals surface area contributed by atoms with Gasteiger partial charge in [0.15, 0.2) is 0 Å². The van der Waals surface area contributed by atoms with Crippen LogP contribution in [0.3, 0.4) is 0 Å². The Kier molecular flexibility index (Phi) is 5.51. The zero-order valence-corrected chi connectivity index (χ0v) is 18.1. The summed E-state index contributed by atoms with van der Waals surface area (Å²) in [4.78, 5) is 1.30. The van der Waals surface area contributed by atoms with Crippen LogP contribution in [0.15, 0.2) is 79.4 Å². The van der Waals surface area contributed by atoms with Crippen molar-refractivity contribution in [2.24, 2.45) is 0 Å². The molecule has 0 spiro atoms. The molecule has 0 N–H and O–H groups in total. The molecule has 1 heterocycles. The minimum atomic E-state index is 0.916. The number of allylic oxidation sites excluding steroid dienone is 1. The van der Waals surface area contributed by atoms with E-state index >= 15 is 0 Å². The third kappa shape index (κ3) is 3.97. The fourth-order valence-corrected chi connectivity index (χ4v) is 5.14. The summed E-state index contributed by atoms with van der Waals surface area (Å²) in [5, 5.41) is 1.34. The summed E-state index contributed by atoms with van der Waals surface area (Å²) in [5.41, 5.74) is 8.90. The quantitative estimate of drug-likeness (QED) is 0.320. The lowest BCUT2D eigenvalue weighted by atomic mass is 9.93.